The molecule has 0 aromatic carbocycles. The molecule has 1 amide bonds. The Hall–Kier alpha value is -1.16. The van der Waals surface area contributed by atoms with Gasteiger partial charge in [-0.1, -0.05) is 251 Å². The number of unbranched alkanes of at least 4 members (excludes halogenated alkanes) is 37. The molecule has 0 aromatic heterocycles. The molecule has 0 bridgehead atoms. The van der Waals surface area contributed by atoms with Gasteiger partial charge in [-0.3, -0.25) is 9.35 Å². The second-order valence-corrected chi connectivity index (χ2v) is 21.6. The summed E-state index contributed by atoms with van der Waals surface area (Å²) in [4.78, 5) is 13.1. The van der Waals surface area contributed by atoms with Crippen molar-refractivity contribution in [3.8, 4) is 0 Å². The second kappa shape index (κ2) is 46.6. The van der Waals surface area contributed by atoms with Crippen LogP contribution in [-0.2, 0) is 28.9 Å². The fourth-order valence-electron chi connectivity index (χ4n) is 9.57. The van der Waals surface area contributed by atoms with E-state index < -0.39 is 59.9 Å². The minimum absolute atomic E-state index is 0.229. The molecular weight excluding hydrogens is 895 g/mol. The zero-order valence-electron chi connectivity index (χ0n) is 44.4. The summed E-state index contributed by atoms with van der Waals surface area (Å²) >= 11 is 0. The van der Waals surface area contributed by atoms with Crippen LogP contribution in [0.4, 0.5) is 0 Å². The highest BCUT2D eigenvalue weighted by Crippen LogP contribution is 2.26. The number of ether oxygens (including phenoxy) is 2. The number of nitrogens with one attached hydrogen (secondary N) is 1. The zero-order chi connectivity index (χ0) is 50.5. The molecule has 7 unspecified atom stereocenters. The van der Waals surface area contributed by atoms with Gasteiger partial charge in [0.1, 0.15) is 24.4 Å². The van der Waals surface area contributed by atoms with Gasteiger partial charge in [0.15, 0.2) is 6.29 Å². The van der Waals surface area contributed by atoms with Crippen LogP contribution in [0.25, 0.3) is 0 Å². The van der Waals surface area contributed by atoms with Crippen molar-refractivity contribution in [2.45, 2.75) is 326 Å². The highest BCUT2D eigenvalue weighted by atomic mass is 32.3. The van der Waals surface area contributed by atoms with Gasteiger partial charge in [0.2, 0.25) is 5.91 Å². The molecular formula is C56H109NO11S. The number of amides is 1. The molecule has 6 N–H and O–H groups in total. The van der Waals surface area contributed by atoms with Crippen molar-refractivity contribution in [3.05, 3.63) is 12.2 Å². The maximum absolute atomic E-state index is 13.1. The van der Waals surface area contributed by atoms with Crippen LogP contribution in [0.1, 0.15) is 284 Å². The summed E-state index contributed by atoms with van der Waals surface area (Å²) in [6.07, 6.45) is 46.4. The van der Waals surface area contributed by atoms with Crippen LogP contribution in [-0.4, -0.2) is 95.4 Å². The number of carbonyl (C=O) groups excluding carboxylic acids is 1. The largest absolute Gasteiger partial charge is 0.397 e. The second-order valence-electron chi connectivity index (χ2n) is 20.6. The summed E-state index contributed by atoms with van der Waals surface area (Å²) in [5.74, 6) is -0.229. The van der Waals surface area contributed by atoms with Crippen LogP contribution in [0.15, 0.2) is 12.2 Å². The summed E-state index contributed by atoms with van der Waals surface area (Å²) < 4.78 is 47.9. The van der Waals surface area contributed by atoms with E-state index in [9.17, 15) is 38.2 Å². The molecule has 0 aliphatic carbocycles. The standard InChI is InChI=1S/C56H109NO11S/c1-3-5-7-9-11-13-15-17-19-21-23-25-27-29-31-33-35-37-39-41-43-45-50(59)49(48-66-56-54(62)55(68-69(63,64)65)53(61)51(47-58)67-56)57-52(60)46-44-42-40-38-36-34-32-30-28-26-24-22-20-18-16-14-12-10-8-6-4-2/h26,28,49-51,53-56,58-59,61-62H,3-25,27,29-48H2,1-2H3,(H,57,60)(H,63,64,65)/b28-26-. The van der Waals surface area contributed by atoms with E-state index >= 15 is 0 Å². The summed E-state index contributed by atoms with van der Waals surface area (Å²) in [7, 11) is -5.08. The maximum atomic E-state index is 13.1. The fraction of sp³-hybridized carbons (Fsp3) is 0.946. The quantitative estimate of drug-likeness (QED) is 0.0193. The van der Waals surface area contributed by atoms with E-state index in [0.29, 0.717) is 12.8 Å². The minimum Gasteiger partial charge on any atom is -0.394 e. The van der Waals surface area contributed by atoms with Crippen molar-refractivity contribution >= 4 is 16.3 Å². The summed E-state index contributed by atoms with van der Waals surface area (Å²) in [6.45, 7) is 3.49. The average Bonchev–Trinajstić information content (AvgIpc) is 3.32. The summed E-state index contributed by atoms with van der Waals surface area (Å²) in [5.41, 5.74) is 0. The van der Waals surface area contributed by atoms with E-state index in [0.717, 1.165) is 51.4 Å². The molecule has 0 spiro atoms. The Labute approximate surface area is 423 Å². The molecule has 1 aliphatic rings. The molecule has 7 atom stereocenters. The molecule has 69 heavy (non-hydrogen) atoms. The fourth-order valence-corrected chi connectivity index (χ4v) is 10.1. The van der Waals surface area contributed by atoms with Crippen molar-refractivity contribution in [1.82, 2.24) is 5.32 Å². The molecule has 1 saturated heterocycles. The van der Waals surface area contributed by atoms with E-state index in [2.05, 4.69) is 35.5 Å². The number of hydrogen-bond acceptors (Lipinski definition) is 10. The van der Waals surface area contributed by atoms with E-state index in [-0.39, 0.29) is 18.9 Å². The van der Waals surface area contributed by atoms with Crippen LogP contribution in [0, 0.1) is 0 Å². The van der Waals surface area contributed by atoms with Gasteiger partial charge in [-0.25, -0.2) is 4.18 Å². The van der Waals surface area contributed by atoms with Crippen LogP contribution in [0.2, 0.25) is 0 Å². The monoisotopic (exact) mass is 1000 g/mol. The molecule has 1 fully saturated rings. The number of rotatable bonds is 51. The molecule has 1 heterocycles. The number of carbonyl (C=O) groups is 1. The number of aliphatic hydroxyl groups excluding tert-OH is 4. The molecule has 1 rings (SSSR count). The van der Waals surface area contributed by atoms with Gasteiger partial charge in [0.25, 0.3) is 0 Å². The Balaban J connectivity index is 2.36. The molecule has 13 heteroatoms. The number of aliphatic hydroxyl groups is 4. The van der Waals surface area contributed by atoms with E-state index in [1.807, 2.05) is 0 Å². The zero-order valence-corrected chi connectivity index (χ0v) is 45.2. The third-order valence-electron chi connectivity index (χ3n) is 14.1. The smallest absolute Gasteiger partial charge is 0.394 e. The molecule has 0 radical (unpaired) electrons. The van der Waals surface area contributed by atoms with Crippen molar-refractivity contribution in [2.75, 3.05) is 13.2 Å². The molecule has 410 valence electrons. The van der Waals surface area contributed by atoms with Crippen molar-refractivity contribution in [2.24, 2.45) is 0 Å². The van der Waals surface area contributed by atoms with Crippen LogP contribution in [0.3, 0.4) is 0 Å². The Morgan fingerprint density at radius 2 is 0.928 bits per heavy atom. The van der Waals surface area contributed by atoms with Crippen LogP contribution in [0.5, 0.6) is 0 Å². The number of hydrogen-bond donors (Lipinski definition) is 6. The Morgan fingerprint density at radius 3 is 1.30 bits per heavy atom. The first kappa shape index (κ1) is 65.9. The van der Waals surface area contributed by atoms with Gasteiger partial charge in [-0.2, -0.15) is 8.42 Å². The van der Waals surface area contributed by atoms with Gasteiger partial charge >= 0.3 is 10.4 Å². The third kappa shape index (κ3) is 39.0. The summed E-state index contributed by atoms with van der Waals surface area (Å²) in [6, 6.07) is -0.859. The first-order valence-corrected chi connectivity index (χ1v) is 30.4. The lowest BCUT2D eigenvalue weighted by Gasteiger charge is -2.41. The highest BCUT2D eigenvalue weighted by molar-refractivity contribution is 7.80. The van der Waals surface area contributed by atoms with E-state index in [4.69, 9.17) is 9.47 Å². The highest BCUT2D eigenvalue weighted by Gasteiger charge is 2.48. The van der Waals surface area contributed by atoms with Gasteiger partial charge in [-0.05, 0) is 38.5 Å². The normalized spacial score (nSPS) is 19.7. The Bertz CT molecular complexity index is 1270. The van der Waals surface area contributed by atoms with Crippen LogP contribution < -0.4 is 5.32 Å². The van der Waals surface area contributed by atoms with Crippen molar-refractivity contribution in [1.29, 1.82) is 0 Å². The lowest BCUT2D eigenvalue weighted by Crippen LogP contribution is -2.61. The van der Waals surface area contributed by atoms with E-state index in [1.54, 1.807) is 0 Å². The molecule has 12 nitrogen and oxygen atoms in total. The van der Waals surface area contributed by atoms with Gasteiger partial charge < -0.3 is 35.2 Å². The lowest BCUT2D eigenvalue weighted by atomic mass is 9.99. The van der Waals surface area contributed by atoms with Gasteiger partial charge in [0.05, 0.1) is 25.4 Å². The minimum atomic E-state index is -5.08. The maximum Gasteiger partial charge on any atom is 0.397 e. The number of allylic oxidation sites excluding steroid dienone is 2. The predicted octanol–water partition coefficient (Wildman–Crippen LogP) is 13.5. The predicted molar refractivity (Wildman–Crippen MR) is 282 cm³/mol. The first-order valence-electron chi connectivity index (χ1n) is 29.1. The van der Waals surface area contributed by atoms with Crippen molar-refractivity contribution in [3.63, 3.8) is 0 Å². The summed E-state index contributed by atoms with van der Waals surface area (Å²) in [5, 5.41) is 45.1. The lowest BCUT2D eigenvalue weighted by molar-refractivity contribution is -0.298. The molecule has 0 aromatic rings. The third-order valence-corrected chi connectivity index (χ3v) is 14.5. The topological polar surface area (TPSA) is 192 Å². The molecule has 0 saturated carbocycles. The van der Waals surface area contributed by atoms with E-state index in [1.165, 1.54) is 199 Å². The molecule has 1 aliphatic heterocycles. The SMILES string of the molecule is CCCCCCCCCCCC/C=C\CCCCCCCCCC(=O)NC(COC1OC(CO)C(O)C(OS(=O)(=O)O)C1O)C(O)CCCCCCCCCCCCCCCCCCCCCCC. The first-order chi connectivity index (χ1) is 33.5. The van der Waals surface area contributed by atoms with Crippen molar-refractivity contribution < 1.29 is 51.8 Å². The van der Waals surface area contributed by atoms with Crippen LogP contribution >= 0.6 is 0 Å². The Morgan fingerprint density at radius 1 is 0.565 bits per heavy atom. The van der Waals surface area contributed by atoms with Gasteiger partial charge in [-0.15, -0.1) is 0 Å². The van der Waals surface area contributed by atoms with Gasteiger partial charge in [0, 0.05) is 6.42 Å². The Kier molecular flexibility index (Phi) is 44.5. The average molecular weight is 1000 g/mol.